The van der Waals surface area contributed by atoms with Crippen LogP contribution in [-0.2, 0) is 11.2 Å². The predicted octanol–water partition coefficient (Wildman–Crippen LogP) is 2.89. The molecule has 0 spiro atoms. The molecule has 4 rings (SSSR count). The minimum atomic E-state index is -0.772. The second kappa shape index (κ2) is 7.82. The number of carbonyl (C=O) groups excluding carboxylic acids is 2. The van der Waals surface area contributed by atoms with E-state index in [0.29, 0.717) is 22.9 Å². The zero-order valence-corrected chi connectivity index (χ0v) is 16.1. The van der Waals surface area contributed by atoms with Crippen molar-refractivity contribution in [3.63, 3.8) is 0 Å². The fourth-order valence-electron chi connectivity index (χ4n) is 3.07. The number of likely N-dealkylation sites (N-methyl/N-ethyl adjacent to an activating group) is 1. The second-order valence-corrected chi connectivity index (χ2v) is 7.37. The molecule has 0 saturated carbocycles. The fraction of sp³-hybridized carbons (Fsp3) is 0.190. The molecule has 6 nitrogen and oxygen atoms in total. The maximum atomic E-state index is 12.7. The molecule has 1 N–H and O–H groups in total. The number of thiazole rings is 1. The van der Waals surface area contributed by atoms with Crippen molar-refractivity contribution < 1.29 is 14.3 Å². The first-order valence-electron chi connectivity index (χ1n) is 8.90. The van der Waals surface area contributed by atoms with Crippen molar-refractivity contribution in [1.29, 1.82) is 0 Å². The van der Waals surface area contributed by atoms with Crippen molar-refractivity contribution in [1.82, 2.24) is 10.3 Å². The minimum Gasteiger partial charge on any atom is -0.489 e. The standard InChI is InChI=1S/C21H19N3O3S/c1-24-17-9-5-6-10-18(17)27-12-16(21(24)26)23-19(25)20-22-15(13-28-20)11-14-7-3-2-4-8-14/h2-10,13,16H,11-12H2,1H3,(H,23,25). The van der Waals surface area contributed by atoms with E-state index < -0.39 is 6.04 Å². The first kappa shape index (κ1) is 18.2. The molecule has 0 aliphatic carbocycles. The third-order valence-corrected chi connectivity index (χ3v) is 5.43. The van der Waals surface area contributed by atoms with Crippen LogP contribution in [0.25, 0.3) is 0 Å². The smallest absolute Gasteiger partial charge is 0.281 e. The van der Waals surface area contributed by atoms with Gasteiger partial charge in [0.1, 0.15) is 18.4 Å². The van der Waals surface area contributed by atoms with Gasteiger partial charge in [-0.3, -0.25) is 9.59 Å². The number of nitrogens with one attached hydrogen (secondary N) is 1. The zero-order chi connectivity index (χ0) is 19.5. The topological polar surface area (TPSA) is 71.5 Å². The van der Waals surface area contributed by atoms with Crippen LogP contribution in [0.4, 0.5) is 5.69 Å². The van der Waals surface area contributed by atoms with Gasteiger partial charge in [-0.2, -0.15) is 0 Å². The molecule has 0 bridgehead atoms. The summed E-state index contributed by atoms with van der Waals surface area (Å²) in [5.74, 6) is 0.0273. The van der Waals surface area contributed by atoms with E-state index in [9.17, 15) is 9.59 Å². The van der Waals surface area contributed by atoms with Gasteiger partial charge in [0.2, 0.25) is 0 Å². The molecular weight excluding hydrogens is 374 g/mol. The van der Waals surface area contributed by atoms with Crippen LogP contribution in [0.3, 0.4) is 0 Å². The summed E-state index contributed by atoms with van der Waals surface area (Å²) in [7, 11) is 1.68. The number of nitrogens with zero attached hydrogens (tertiary/aromatic N) is 2. The van der Waals surface area contributed by atoms with Crippen LogP contribution in [-0.4, -0.2) is 36.5 Å². The highest BCUT2D eigenvalue weighted by Gasteiger charge is 2.31. The lowest BCUT2D eigenvalue weighted by atomic mass is 10.1. The summed E-state index contributed by atoms with van der Waals surface area (Å²) in [6.07, 6.45) is 0.661. The number of benzene rings is 2. The Balaban J connectivity index is 1.45. The summed E-state index contributed by atoms with van der Waals surface area (Å²) < 4.78 is 5.73. The van der Waals surface area contributed by atoms with Crippen LogP contribution in [0, 0.1) is 0 Å². The summed E-state index contributed by atoms with van der Waals surface area (Å²) in [6.45, 7) is 0.0776. The van der Waals surface area contributed by atoms with Gasteiger partial charge in [0.25, 0.3) is 11.8 Å². The average molecular weight is 393 g/mol. The van der Waals surface area contributed by atoms with Gasteiger partial charge in [0.15, 0.2) is 5.01 Å². The van der Waals surface area contributed by atoms with Crippen molar-refractivity contribution in [2.24, 2.45) is 0 Å². The highest BCUT2D eigenvalue weighted by molar-refractivity contribution is 7.11. The van der Waals surface area contributed by atoms with Crippen molar-refractivity contribution in [2.75, 3.05) is 18.6 Å². The molecule has 0 radical (unpaired) electrons. The maximum Gasteiger partial charge on any atom is 0.281 e. The molecule has 2 heterocycles. The summed E-state index contributed by atoms with van der Waals surface area (Å²) in [5.41, 5.74) is 2.64. The number of hydrogen-bond acceptors (Lipinski definition) is 5. The quantitative estimate of drug-likeness (QED) is 0.740. The van der Waals surface area contributed by atoms with Crippen LogP contribution < -0.4 is 15.0 Å². The predicted molar refractivity (Wildman–Crippen MR) is 108 cm³/mol. The lowest BCUT2D eigenvalue weighted by Gasteiger charge is -2.19. The van der Waals surface area contributed by atoms with E-state index in [4.69, 9.17) is 4.74 Å². The Morgan fingerprint density at radius 3 is 2.79 bits per heavy atom. The van der Waals surface area contributed by atoms with Gasteiger partial charge < -0.3 is 15.0 Å². The number of carbonyl (C=O) groups is 2. The molecule has 1 aromatic heterocycles. The largest absolute Gasteiger partial charge is 0.489 e. The van der Waals surface area contributed by atoms with E-state index in [1.165, 1.54) is 16.2 Å². The highest BCUT2D eigenvalue weighted by atomic mass is 32.1. The van der Waals surface area contributed by atoms with Crippen LogP contribution in [0.1, 0.15) is 21.1 Å². The van der Waals surface area contributed by atoms with Gasteiger partial charge >= 0.3 is 0 Å². The van der Waals surface area contributed by atoms with Gasteiger partial charge in [-0.1, -0.05) is 42.5 Å². The Labute approximate surface area is 166 Å². The van der Waals surface area contributed by atoms with Gasteiger partial charge in [0.05, 0.1) is 11.4 Å². The Bertz CT molecular complexity index is 1000. The number of aromatic nitrogens is 1. The molecule has 3 aromatic rings. The summed E-state index contributed by atoms with van der Waals surface area (Å²) in [4.78, 5) is 31.3. The van der Waals surface area contributed by atoms with Crippen LogP contribution >= 0.6 is 11.3 Å². The van der Waals surface area contributed by atoms with E-state index in [0.717, 1.165) is 11.3 Å². The van der Waals surface area contributed by atoms with E-state index >= 15 is 0 Å². The van der Waals surface area contributed by atoms with Crippen LogP contribution in [0.15, 0.2) is 60.0 Å². The molecule has 1 aliphatic heterocycles. The van der Waals surface area contributed by atoms with E-state index in [1.807, 2.05) is 53.9 Å². The minimum absolute atomic E-state index is 0.0776. The lowest BCUT2D eigenvalue weighted by Crippen LogP contribution is -2.49. The van der Waals surface area contributed by atoms with Gasteiger partial charge in [-0.15, -0.1) is 11.3 Å². The summed E-state index contributed by atoms with van der Waals surface area (Å²) >= 11 is 1.27. The Hall–Kier alpha value is -3.19. The average Bonchev–Trinajstić information content (AvgIpc) is 3.15. The number of amides is 2. The number of ether oxygens (including phenoxy) is 1. The summed E-state index contributed by atoms with van der Waals surface area (Å²) in [5, 5.41) is 4.97. The van der Waals surface area contributed by atoms with Crippen molar-refractivity contribution in [3.8, 4) is 5.75 Å². The molecule has 1 atom stereocenters. The Kier molecular flexibility index (Phi) is 5.08. The molecule has 28 heavy (non-hydrogen) atoms. The maximum absolute atomic E-state index is 12.7. The number of fused-ring (bicyclic) bond motifs is 1. The molecule has 2 aromatic carbocycles. The van der Waals surface area contributed by atoms with Crippen molar-refractivity contribution in [2.45, 2.75) is 12.5 Å². The molecule has 0 saturated heterocycles. The lowest BCUT2D eigenvalue weighted by molar-refractivity contribution is -0.120. The van der Waals surface area contributed by atoms with Gasteiger partial charge in [-0.05, 0) is 17.7 Å². The Morgan fingerprint density at radius 1 is 1.21 bits per heavy atom. The molecular formula is C21H19N3O3S. The second-order valence-electron chi connectivity index (χ2n) is 6.51. The SMILES string of the molecule is CN1C(=O)C(NC(=O)c2nc(Cc3ccccc3)cs2)COc2ccccc21. The number of para-hydroxylation sites is 2. The molecule has 142 valence electrons. The first-order valence-corrected chi connectivity index (χ1v) is 9.78. The number of anilines is 1. The van der Waals surface area contributed by atoms with Gasteiger partial charge in [-0.25, -0.2) is 4.98 Å². The van der Waals surface area contributed by atoms with E-state index in [2.05, 4.69) is 10.3 Å². The third-order valence-electron chi connectivity index (χ3n) is 4.54. The highest BCUT2D eigenvalue weighted by Crippen LogP contribution is 2.29. The fourth-order valence-corrected chi connectivity index (χ4v) is 3.79. The molecule has 0 fully saturated rings. The van der Waals surface area contributed by atoms with E-state index in [1.54, 1.807) is 13.1 Å². The molecule has 1 aliphatic rings. The van der Waals surface area contributed by atoms with Crippen LogP contribution in [0.2, 0.25) is 0 Å². The first-order chi connectivity index (χ1) is 13.6. The monoisotopic (exact) mass is 393 g/mol. The van der Waals surface area contributed by atoms with Crippen LogP contribution in [0.5, 0.6) is 5.75 Å². The third kappa shape index (κ3) is 3.75. The van der Waals surface area contributed by atoms with Crippen molar-refractivity contribution in [3.05, 3.63) is 76.2 Å². The Morgan fingerprint density at radius 2 is 1.96 bits per heavy atom. The molecule has 2 amide bonds. The van der Waals surface area contributed by atoms with Crippen molar-refractivity contribution >= 4 is 28.8 Å². The molecule has 7 heteroatoms. The number of hydrogen-bond donors (Lipinski definition) is 1. The normalized spacial score (nSPS) is 16.1. The van der Waals surface area contributed by atoms with E-state index in [-0.39, 0.29) is 18.4 Å². The summed E-state index contributed by atoms with van der Waals surface area (Å²) in [6, 6.07) is 16.5. The van der Waals surface area contributed by atoms with Gasteiger partial charge in [0, 0.05) is 18.8 Å². The number of rotatable bonds is 4. The molecule has 1 unspecified atom stereocenters. The zero-order valence-electron chi connectivity index (χ0n) is 15.3.